The number of hydrogen-bond acceptors (Lipinski definition) is 6. The zero-order chi connectivity index (χ0) is 20.3. The summed E-state index contributed by atoms with van der Waals surface area (Å²) in [4.78, 5) is 24.6. The molecule has 0 saturated carbocycles. The van der Waals surface area contributed by atoms with Crippen LogP contribution in [-0.4, -0.2) is 25.2 Å². The molecule has 0 unspecified atom stereocenters. The van der Waals surface area contributed by atoms with E-state index in [4.69, 9.17) is 13.9 Å². The summed E-state index contributed by atoms with van der Waals surface area (Å²) in [6.45, 7) is 1.80. The van der Waals surface area contributed by atoms with Crippen LogP contribution in [0, 0.1) is 6.92 Å². The number of methoxy groups -OCH3 is 2. The fourth-order valence-corrected chi connectivity index (χ4v) is 3.05. The molecule has 1 heterocycles. The van der Waals surface area contributed by atoms with Crippen LogP contribution in [0.25, 0.3) is 11.0 Å². The Bertz CT molecular complexity index is 1090. The number of hydrogen-bond donors (Lipinski definition) is 2. The van der Waals surface area contributed by atoms with Gasteiger partial charge in [-0.1, -0.05) is 0 Å². The van der Waals surface area contributed by atoms with E-state index < -0.39 is 5.63 Å². The summed E-state index contributed by atoms with van der Waals surface area (Å²) in [5.74, 6) is 0.861. The maximum Gasteiger partial charge on any atom is 0.339 e. The molecular weight excluding hydrogens is 362 g/mol. The van der Waals surface area contributed by atoms with Crippen molar-refractivity contribution in [2.75, 3.05) is 19.5 Å². The van der Waals surface area contributed by atoms with Gasteiger partial charge < -0.3 is 24.3 Å². The molecule has 0 spiro atoms. The number of carbonyl (C=O) groups excluding carboxylic acids is 1. The van der Waals surface area contributed by atoms with Crippen molar-refractivity contribution in [3.05, 3.63) is 57.9 Å². The minimum Gasteiger partial charge on any atom is -0.508 e. The third kappa shape index (κ3) is 3.93. The molecule has 28 heavy (non-hydrogen) atoms. The van der Waals surface area contributed by atoms with Crippen LogP contribution in [0.1, 0.15) is 17.5 Å². The van der Waals surface area contributed by atoms with Gasteiger partial charge >= 0.3 is 5.63 Å². The molecule has 146 valence electrons. The molecule has 0 radical (unpaired) electrons. The van der Waals surface area contributed by atoms with Crippen LogP contribution in [0.5, 0.6) is 17.2 Å². The third-order valence-corrected chi connectivity index (χ3v) is 4.54. The van der Waals surface area contributed by atoms with Crippen molar-refractivity contribution in [3.63, 3.8) is 0 Å². The van der Waals surface area contributed by atoms with Crippen LogP contribution in [0.2, 0.25) is 0 Å². The van der Waals surface area contributed by atoms with E-state index in [1.165, 1.54) is 26.4 Å². The Morgan fingerprint density at radius 1 is 1.11 bits per heavy atom. The number of benzene rings is 2. The second-order valence-electron chi connectivity index (χ2n) is 6.29. The average Bonchev–Trinajstić information content (AvgIpc) is 2.67. The number of anilines is 1. The smallest absolute Gasteiger partial charge is 0.339 e. The summed E-state index contributed by atoms with van der Waals surface area (Å²) in [5, 5.41) is 13.0. The van der Waals surface area contributed by atoms with Crippen molar-refractivity contribution < 1.29 is 23.8 Å². The number of carbonyl (C=O) groups is 1. The maximum absolute atomic E-state index is 12.3. The van der Waals surface area contributed by atoms with E-state index in [2.05, 4.69) is 5.32 Å². The van der Waals surface area contributed by atoms with E-state index in [-0.39, 0.29) is 24.5 Å². The van der Waals surface area contributed by atoms with Gasteiger partial charge in [-0.15, -0.1) is 0 Å². The first kappa shape index (κ1) is 19.3. The molecule has 7 nitrogen and oxygen atoms in total. The van der Waals surface area contributed by atoms with Crippen LogP contribution in [0.15, 0.2) is 45.6 Å². The van der Waals surface area contributed by atoms with Gasteiger partial charge in [-0.2, -0.15) is 0 Å². The molecule has 7 heteroatoms. The van der Waals surface area contributed by atoms with Crippen LogP contribution in [0.3, 0.4) is 0 Å². The van der Waals surface area contributed by atoms with E-state index in [1.54, 1.807) is 31.2 Å². The van der Waals surface area contributed by atoms with Crippen molar-refractivity contribution in [3.8, 4) is 17.2 Å². The Balaban J connectivity index is 1.74. The van der Waals surface area contributed by atoms with E-state index in [0.717, 1.165) is 10.9 Å². The zero-order valence-electron chi connectivity index (χ0n) is 15.9. The molecule has 0 atom stereocenters. The molecule has 2 N–H and O–H groups in total. The normalized spacial score (nSPS) is 10.7. The highest BCUT2D eigenvalue weighted by atomic mass is 16.5. The molecule has 3 rings (SSSR count). The number of phenolic OH excluding ortho intramolecular Hbond substituents is 1. The van der Waals surface area contributed by atoms with Gasteiger partial charge in [-0.3, -0.25) is 4.79 Å². The van der Waals surface area contributed by atoms with Crippen molar-refractivity contribution in [2.45, 2.75) is 19.8 Å². The monoisotopic (exact) mass is 383 g/mol. The van der Waals surface area contributed by atoms with E-state index in [9.17, 15) is 14.7 Å². The van der Waals surface area contributed by atoms with Crippen LogP contribution < -0.4 is 20.4 Å². The van der Waals surface area contributed by atoms with E-state index in [0.29, 0.717) is 28.3 Å². The highest BCUT2D eigenvalue weighted by Gasteiger charge is 2.14. The Kier molecular flexibility index (Phi) is 5.54. The largest absolute Gasteiger partial charge is 0.508 e. The lowest BCUT2D eigenvalue weighted by atomic mass is 10.0. The molecule has 1 amide bonds. The van der Waals surface area contributed by atoms with Crippen molar-refractivity contribution >= 4 is 22.6 Å². The zero-order valence-corrected chi connectivity index (χ0v) is 15.9. The van der Waals surface area contributed by atoms with Gasteiger partial charge in [0, 0.05) is 35.2 Å². The van der Waals surface area contributed by atoms with Crippen molar-refractivity contribution in [1.29, 1.82) is 0 Å². The second-order valence-corrected chi connectivity index (χ2v) is 6.29. The van der Waals surface area contributed by atoms with Crippen LogP contribution in [-0.2, 0) is 11.2 Å². The first-order chi connectivity index (χ1) is 13.4. The first-order valence-corrected chi connectivity index (χ1v) is 8.70. The number of ether oxygens (including phenoxy) is 2. The quantitative estimate of drug-likeness (QED) is 0.633. The summed E-state index contributed by atoms with van der Waals surface area (Å²) in [5.41, 5.74) is 1.57. The molecular formula is C21H21NO6. The minimum atomic E-state index is -0.505. The molecule has 0 saturated heterocycles. The summed E-state index contributed by atoms with van der Waals surface area (Å²) >= 11 is 0. The maximum atomic E-state index is 12.3. The van der Waals surface area contributed by atoms with Crippen molar-refractivity contribution in [2.24, 2.45) is 0 Å². The standard InChI is InChI=1S/C21H21NO6/c1-12-15-6-5-14(23)11-18(15)28-21(25)16(12)7-9-20(24)22-13-4-8-17(26-2)19(10-13)27-3/h4-6,8,10-11,23H,7,9H2,1-3H3,(H,22,24). The number of aryl methyl sites for hydroxylation is 1. The molecule has 2 aromatic carbocycles. The van der Waals surface area contributed by atoms with Gasteiger partial charge in [0.25, 0.3) is 0 Å². The molecule has 0 bridgehead atoms. The average molecular weight is 383 g/mol. The summed E-state index contributed by atoms with van der Waals surface area (Å²) in [6.07, 6.45) is 0.355. The first-order valence-electron chi connectivity index (χ1n) is 8.70. The molecule has 0 aliphatic heterocycles. The lowest BCUT2D eigenvalue weighted by molar-refractivity contribution is -0.116. The van der Waals surface area contributed by atoms with Gasteiger partial charge in [0.15, 0.2) is 11.5 Å². The van der Waals surface area contributed by atoms with Crippen LogP contribution >= 0.6 is 0 Å². The molecule has 0 aliphatic carbocycles. The molecule has 1 aromatic heterocycles. The Morgan fingerprint density at radius 2 is 1.86 bits per heavy atom. The van der Waals surface area contributed by atoms with Gasteiger partial charge in [0.1, 0.15) is 11.3 Å². The molecule has 3 aromatic rings. The number of nitrogens with one attached hydrogen (secondary N) is 1. The van der Waals surface area contributed by atoms with Gasteiger partial charge in [-0.05, 0) is 43.2 Å². The summed E-state index contributed by atoms with van der Waals surface area (Å²) < 4.78 is 15.7. The van der Waals surface area contributed by atoms with E-state index in [1.807, 2.05) is 0 Å². The number of rotatable bonds is 6. The fraction of sp³-hybridized carbons (Fsp3) is 0.238. The predicted octanol–water partition coefficient (Wildman–Crippen LogP) is 3.40. The Hall–Kier alpha value is -3.48. The molecule has 0 fully saturated rings. The Labute approximate surface area is 161 Å². The Morgan fingerprint density at radius 3 is 2.57 bits per heavy atom. The highest BCUT2D eigenvalue weighted by Crippen LogP contribution is 2.30. The fourth-order valence-electron chi connectivity index (χ4n) is 3.05. The number of fused-ring (bicyclic) bond motifs is 1. The predicted molar refractivity (Wildman–Crippen MR) is 105 cm³/mol. The lowest BCUT2D eigenvalue weighted by Crippen LogP contribution is -2.16. The minimum absolute atomic E-state index is 0.0251. The van der Waals surface area contributed by atoms with E-state index >= 15 is 0 Å². The second kappa shape index (κ2) is 8.04. The highest BCUT2D eigenvalue weighted by molar-refractivity contribution is 5.91. The van der Waals surface area contributed by atoms with Gasteiger partial charge in [0.05, 0.1) is 14.2 Å². The van der Waals surface area contributed by atoms with Gasteiger partial charge in [-0.25, -0.2) is 4.79 Å². The summed E-state index contributed by atoms with van der Waals surface area (Å²) in [7, 11) is 3.06. The van der Waals surface area contributed by atoms with Crippen molar-refractivity contribution in [1.82, 2.24) is 0 Å². The lowest BCUT2D eigenvalue weighted by Gasteiger charge is -2.11. The number of phenols is 1. The topological polar surface area (TPSA) is 98.0 Å². The number of aromatic hydroxyl groups is 1. The molecule has 0 aliphatic rings. The number of amides is 1. The van der Waals surface area contributed by atoms with Gasteiger partial charge in [0.2, 0.25) is 5.91 Å². The SMILES string of the molecule is COc1ccc(NC(=O)CCc2c(C)c3ccc(O)cc3oc2=O)cc1OC. The third-order valence-electron chi connectivity index (χ3n) is 4.54. The summed E-state index contributed by atoms with van der Waals surface area (Å²) in [6, 6.07) is 9.70. The van der Waals surface area contributed by atoms with Crippen LogP contribution in [0.4, 0.5) is 5.69 Å².